The molecule has 2 amide bonds. The molecule has 0 saturated carbocycles. The minimum Gasteiger partial charge on any atom is -0.481 e. The normalized spacial score (nSPS) is 14.6. The Morgan fingerprint density at radius 2 is 1.38 bits per heavy atom. The average Bonchev–Trinajstić information content (AvgIpc) is 2.82. The van der Waals surface area contributed by atoms with Gasteiger partial charge in [0.15, 0.2) is 0 Å². The summed E-state index contributed by atoms with van der Waals surface area (Å²) in [5, 5.41) is 24.2. The lowest BCUT2D eigenvalue weighted by Gasteiger charge is -2.34. The lowest BCUT2D eigenvalue weighted by Crippen LogP contribution is -2.49. The summed E-state index contributed by atoms with van der Waals surface area (Å²) in [6.07, 6.45) is 1.85. The summed E-state index contributed by atoms with van der Waals surface area (Å²) in [5.74, 6) is -3.12. The number of carbonyl (C=O) groups excluding carboxylic acids is 3. The second-order valence-corrected chi connectivity index (χ2v) is 12.7. The third-order valence-corrected chi connectivity index (χ3v) is 7.20. The first-order valence-electron chi connectivity index (χ1n) is 14.0. The molecule has 0 aliphatic rings. The molecule has 0 saturated heterocycles. The van der Waals surface area contributed by atoms with Gasteiger partial charge in [-0.05, 0) is 80.6 Å². The third kappa shape index (κ3) is 14.7. The van der Waals surface area contributed by atoms with E-state index in [-0.39, 0.29) is 44.1 Å². The third-order valence-electron chi connectivity index (χ3n) is 7.20. The molecule has 4 N–H and O–H groups in total. The molecule has 2 atom stereocenters. The van der Waals surface area contributed by atoms with Gasteiger partial charge in [0.25, 0.3) is 0 Å². The van der Waals surface area contributed by atoms with Crippen LogP contribution in [0.15, 0.2) is 0 Å². The van der Waals surface area contributed by atoms with Gasteiger partial charge in [0.1, 0.15) is 11.8 Å². The lowest BCUT2D eigenvalue weighted by molar-refractivity contribution is -0.151. The van der Waals surface area contributed by atoms with Gasteiger partial charge in [-0.1, -0.05) is 13.8 Å². The van der Waals surface area contributed by atoms with E-state index in [4.69, 9.17) is 9.47 Å². The van der Waals surface area contributed by atoms with Crippen LogP contribution >= 0.6 is 0 Å². The Bertz CT molecular complexity index is 883. The zero-order chi connectivity index (χ0) is 31.4. The minimum atomic E-state index is -1.29. The van der Waals surface area contributed by atoms with E-state index in [1.165, 1.54) is 13.8 Å². The second kappa shape index (κ2) is 16.0. The molecule has 0 aliphatic heterocycles. The van der Waals surface area contributed by atoms with Crippen LogP contribution in [0.1, 0.15) is 107 Å². The van der Waals surface area contributed by atoms with Gasteiger partial charge < -0.3 is 35.1 Å². The zero-order valence-electron chi connectivity index (χ0n) is 25.9. The van der Waals surface area contributed by atoms with E-state index >= 15 is 0 Å². The van der Waals surface area contributed by atoms with Crippen molar-refractivity contribution in [3.63, 3.8) is 0 Å². The number of ether oxygens (including phenoxy) is 2. The van der Waals surface area contributed by atoms with Crippen molar-refractivity contribution >= 4 is 29.5 Å². The Hall–Kier alpha value is -2.53. The van der Waals surface area contributed by atoms with Crippen LogP contribution in [0, 0.1) is 10.8 Å². The second-order valence-electron chi connectivity index (χ2n) is 12.7. The largest absolute Gasteiger partial charge is 0.481 e. The van der Waals surface area contributed by atoms with Gasteiger partial charge in [-0.3, -0.25) is 14.4 Å². The maximum Gasteiger partial charge on any atom is 0.326 e. The van der Waals surface area contributed by atoms with E-state index in [1.54, 1.807) is 20.8 Å². The van der Waals surface area contributed by atoms with Crippen molar-refractivity contribution in [2.24, 2.45) is 10.8 Å². The molecule has 0 aromatic rings. The molecule has 0 radical (unpaired) electrons. The van der Waals surface area contributed by atoms with Crippen molar-refractivity contribution in [2.45, 2.75) is 125 Å². The molecule has 2 unspecified atom stereocenters. The Balaban J connectivity index is 4.64. The fourth-order valence-electron chi connectivity index (χ4n) is 4.08. The van der Waals surface area contributed by atoms with Crippen molar-refractivity contribution in [3.05, 3.63) is 0 Å². The number of nitrogens with one attached hydrogen (secondary N) is 2. The summed E-state index contributed by atoms with van der Waals surface area (Å²) in [5.41, 5.74) is -3.16. The Labute approximate surface area is 239 Å². The molecule has 0 fully saturated rings. The maximum atomic E-state index is 12.9. The first kappa shape index (κ1) is 37.5. The predicted molar refractivity (Wildman–Crippen MR) is 151 cm³/mol. The molecule has 0 bridgehead atoms. The molecular formula is C29H52N2O9. The lowest BCUT2D eigenvalue weighted by atomic mass is 9.71. The number of aliphatic carboxylic acids is 2. The van der Waals surface area contributed by atoms with Gasteiger partial charge >= 0.3 is 11.9 Å². The van der Waals surface area contributed by atoms with Crippen LogP contribution in [0.2, 0.25) is 0 Å². The van der Waals surface area contributed by atoms with Gasteiger partial charge in [0, 0.05) is 24.8 Å². The van der Waals surface area contributed by atoms with Crippen LogP contribution in [0.25, 0.3) is 0 Å². The Morgan fingerprint density at radius 1 is 0.825 bits per heavy atom. The minimum absolute atomic E-state index is 0.0323. The highest BCUT2D eigenvalue weighted by Crippen LogP contribution is 2.37. The number of ketones is 1. The summed E-state index contributed by atoms with van der Waals surface area (Å²) >= 11 is 0. The highest BCUT2D eigenvalue weighted by Gasteiger charge is 2.42. The van der Waals surface area contributed by atoms with E-state index in [0.29, 0.717) is 32.3 Å². The number of Topliss-reactive ketones (excluding diaryl/α,β-unsaturated/α-hetero) is 1. The fourth-order valence-corrected chi connectivity index (χ4v) is 4.08. The Morgan fingerprint density at radius 3 is 1.88 bits per heavy atom. The molecule has 0 heterocycles. The fraction of sp³-hybridized carbons (Fsp3) is 0.828. The standard InChI is InChI=1S/C29H52N2O9/c1-10-29(9,19-26(3,4)25(37)38)24(36)31-21(23(34)35)11-12-22(33)30-16-18-40-28(7,8)15-17-39-27(5,6)14-13-20(2)32/h21H,10-19H2,1-9H3,(H,30,33)(H,31,36)(H,34,35)(H,37,38). The SMILES string of the molecule is CCC(C)(CC(C)(C)C(=O)O)C(=O)NC(CCC(=O)NCCOC(C)(C)CCOC(C)(C)CCC(C)=O)C(=O)O. The number of carboxylic acid groups (broad SMARTS) is 2. The van der Waals surface area contributed by atoms with Crippen molar-refractivity contribution in [2.75, 3.05) is 19.8 Å². The smallest absolute Gasteiger partial charge is 0.326 e. The maximum absolute atomic E-state index is 12.9. The summed E-state index contributed by atoms with van der Waals surface area (Å²) in [4.78, 5) is 59.7. The number of amides is 2. The summed E-state index contributed by atoms with van der Waals surface area (Å²) < 4.78 is 11.8. The number of carboxylic acids is 2. The van der Waals surface area contributed by atoms with Crippen LogP contribution in [0.3, 0.4) is 0 Å². The molecule has 0 aliphatic carbocycles. The van der Waals surface area contributed by atoms with E-state index in [1.807, 2.05) is 27.7 Å². The Kier molecular flexibility index (Phi) is 15.0. The zero-order valence-corrected chi connectivity index (χ0v) is 25.9. The number of carbonyl (C=O) groups is 5. The first-order chi connectivity index (χ1) is 18.2. The quantitative estimate of drug-likeness (QED) is 0.150. The van der Waals surface area contributed by atoms with Crippen LogP contribution in [0.5, 0.6) is 0 Å². The van der Waals surface area contributed by atoms with Crippen LogP contribution in [-0.4, -0.2) is 76.8 Å². The average molecular weight is 573 g/mol. The van der Waals surface area contributed by atoms with Crippen LogP contribution in [-0.2, 0) is 33.4 Å². The molecule has 232 valence electrons. The topological polar surface area (TPSA) is 168 Å². The highest BCUT2D eigenvalue weighted by atomic mass is 16.5. The number of hydrogen-bond donors (Lipinski definition) is 4. The molecule has 0 rings (SSSR count). The molecule has 40 heavy (non-hydrogen) atoms. The van der Waals surface area contributed by atoms with Crippen LogP contribution in [0.4, 0.5) is 0 Å². The monoisotopic (exact) mass is 572 g/mol. The van der Waals surface area contributed by atoms with E-state index in [9.17, 15) is 34.2 Å². The van der Waals surface area contributed by atoms with E-state index < -0.39 is 45.9 Å². The van der Waals surface area contributed by atoms with Gasteiger partial charge in [0.05, 0.1) is 29.8 Å². The molecule has 11 heteroatoms. The summed E-state index contributed by atoms with van der Waals surface area (Å²) in [7, 11) is 0. The van der Waals surface area contributed by atoms with Gasteiger partial charge in [-0.25, -0.2) is 4.79 Å². The first-order valence-corrected chi connectivity index (χ1v) is 14.0. The van der Waals surface area contributed by atoms with E-state index in [0.717, 1.165) is 0 Å². The molecule has 0 spiro atoms. The van der Waals surface area contributed by atoms with Gasteiger partial charge in [-0.2, -0.15) is 0 Å². The van der Waals surface area contributed by atoms with Crippen LogP contribution < -0.4 is 10.6 Å². The number of hydrogen-bond acceptors (Lipinski definition) is 7. The van der Waals surface area contributed by atoms with Gasteiger partial charge in [0.2, 0.25) is 11.8 Å². The molecule has 11 nitrogen and oxygen atoms in total. The predicted octanol–water partition coefficient (Wildman–Crippen LogP) is 3.72. The van der Waals surface area contributed by atoms with Crippen molar-refractivity contribution in [1.82, 2.24) is 10.6 Å². The highest BCUT2D eigenvalue weighted by molar-refractivity contribution is 5.88. The van der Waals surface area contributed by atoms with Crippen molar-refractivity contribution < 1.29 is 43.7 Å². The van der Waals surface area contributed by atoms with Gasteiger partial charge in [-0.15, -0.1) is 0 Å². The molecule has 0 aromatic carbocycles. The number of rotatable bonds is 21. The van der Waals surface area contributed by atoms with Crippen molar-refractivity contribution in [1.29, 1.82) is 0 Å². The van der Waals surface area contributed by atoms with E-state index in [2.05, 4.69) is 10.6 Å². The molecule has 0 aromatic heterocycles. The summed E-state index contributed by atoms with van der Waals surface area (Å²) in [6.45, 7) is 16.6. The summed E-state index contributed by atoms with van der Waals surface area (Å²) in [6, 6.07) is -1.29. The van der Waals surface area contributed by atoms with Crippen molar-refractivity contribution in [3.8, 4) is 0 Å². The molecular weight excluding hydrogens is 520 g/mol.